The van der Waals surface area contributed by atoms with E-state index in [1.54, 1.807) is 13.8 Å². The molecule has 0 atom stereocenters. The summed E-state index contributed by atoms with van der Waals surface area (Å²) in [6, 6.07) is 0. The molecule has 1 aliphatic carbocycles. The van der Waals surface area contributed by atoms with Gasteiger partial charge < -0.3 is 9.84 Å². The summed E-state index contributed by atoms with van der Waals surface area (Å²) < 4.78 is 6.41. The summed E-state index contributed by atoms with van der Waals surface area (Å²) in [6.07, 6.45) is 3.34. The number of aryl methyl sites for hydroxylation is 1. The van der Waals surface area contributed by atoms with Crippen molar-refractivity contribution in [2.24, 2.45) is 5.92 Å². The van der Waals surface area contributed by atoms with E-state index in [1.807, 2.05) is 0 Å². The molecule has 0 unspecified atom stereocenters. The minimum Gasteiger partial charge on any atom is -0.466 e. The topological polar surface area (TPSA) is 107 Å². The van der Waals surface area contributed by atoms with Crippen LogP contribution in [0, 0.1) is 23.0 Å². The molecule has 0 saturated heterocycles. The van der Waals surface area contributed by atoms with Gasteiger partial charge in [0.1, 0.15) is 11.9 Å². The van der Waals surface area contributed by atoms with Gasteiger partial charge in [-0.05, 0) is 39.5 Å². The van der Waals surface area contributed by atoms with Crippen molar-refractivity contribution < 1.29 is 19.6 Å². The molecule has 8 nitrogen and oxygen atoms in total. The first kappa shape index (κ1) is 16.4. The van der Waals surface area contributed by atoms with E-state index in [4.69, 9.17) is 4.74 Å². The van der Waals surface area contributed by atoms with Gasteiger partial charge in [0.15, 0.2) is 0 Å². The van der Waals surface area contributed by atoms with Gasteiger partial charge >= 0.3 is 11.7 Å². The Morgan fingerprint density at radius 2 is 2.23 bits per heavy atom. The summed E-state index contributed by atoms with van der Waals surface area (Å²) in [5.74, 6) is -0.385. The first-order valence-corrected chi connectivity index (χ1v) is 7.42. The predicted octanol–water partition coefficient (Wildman–Crippen LogP) is 1.58. The standard InChI is InChI=1S/C14H21N3O5/c1-3-22-13(18)11-4-6-14(19,7-5-11)9-16-8-12(17(20)21)10(2)15-16/h8,11,19H,3-7,9H2,1-2H3. The number of aromatic nitrogens is 2. The van der Waals surface area contributed by atoms with Crippen LogP contribution in [0.5, 0.6) is 0 Å². The van der Waals surface area contributed by atoms with E-state index >= 15 is 0 Å². The lowest BCUT2D eigenvalue weighted by Gasteiger charge is -2.34. The molecule has 1 N–H and O–H groups in total. The average molecular weight is 311 g/mol. The maximum atomic E-state index is 11.7. The van der Waals surface area contributed by atoms with Gasteiger partial charge in [0, 0.05) is 0 Å². The number of rotatable bonds is 5. The van der Waals surface area contributed by atoms with Crippen LogP contribution in [-0.4, -0.2) is 38.0 Å². The number of nitrogens with zero attached hydrogens (tertiary/aromatic N) is 3. The van der Waals surface area contributed by atoms with Crippen molar-refractivity contribution in [1.29, 1.82) is 0 Å². The fraction of sp³-hybridized carbons (Fsp3) is 0.714. The normalized spacial score (nSPS) is 25.0. The van der Waals surface area contributed by atoms with Crippen LogP contribution >= 0.6 is 0 Å². The Morgan fingerprint density at radius 3 is 2.73 bits per heavy atom. The number of carbonyl (C=O) groups excluding carboxylic acids is 1. The molecular weight excluding hydrogens is 290 g/mol. The molecule has 22 heavy (non-hydrogen) atoms. The quantitative estimate of drug-likeness (QED) is 0.502. The van der Waals surface area contributed by atoms with Gasteiger partial charge in [0.25, 0.3) is 0 Å². The molecule has 2 rings (SSSR count). The molecule has 8 heteroatoms. The maximum absolute atomic E-state index is 11.7. The molecule has 0 aliphatic heterocycles. The van der Waals surface area contributed by atoms with Gasteiger partial charge in [-0.1, -0.05) is 0 Å². The third-order valence-corrected chi connectivity index (χ3v) is 4.11. The second-order valence-electron chi connectivity index (χ2n) is 5.81. The van der Waals surface area contributed by atoms with Crippen LogP contribution in [0.3, 0.4) is 0 Å². The van der Waals surface area contributed by atoms with E-state index in [2.05, 4.69) is 5.10 Å². The number of hydrogen-bond acceptors (Lipinski definition) is 6. The van der Waals surface area contributed by atoms with Crippen LogP contribution in [0.2, 0.25) is 0 Å². The van der Waals surface area contributed by atoms with Crippen LogP contribution in [0.15, 0.2) is 6.20 Å². The monoisotopic (exact) mass is 311 g/mol. The van der Waals surface area contributed by atoms with Gasteiger partial charge in [0.2, 0.25) is 0 Å². The Hall–Kier alpha value is -1.96. The van der Waals surface area contributed by atoms with Crippen LogP contribution in [-0.2, 0) is 16.1 Å². The van der Waals surface area contributed by atoms with Gasteiger partial charge in [0.05, 0.1) is 29.6 Å². The van der Waals surface area contributed by atoms with Crippen molar-refractivity contribution in [3.05, 3.63) is 22.0 Å². The molecule has 0 bridgehead atoms. The number of hydrogen-bond donors (Lipinski definition) is 1. The van der Waals surface area contributed by atoms with E-state index in [0.29, 0.717) is 38.0 Å². The van der Waals surface area contributed by atoms with Crippen LogP contribution in [0.1, 0.15) is 38.3 Å². The lowest BCUT2D eigenvalue weighted by molar-refractivity contribution is -0.385. The summed E-state index contributed by atoms with van der Waals surface area (Å²) in [4.78, 5) is 22.0. The first-order chi connectivity index (χ1) is 10.3. The molecule has 0 aromatic carbocycles. The zero-order valence-corrected chi connectivity index (χ0v) is 12.8. The minimum atomic E-state index is -0.991. The number of esters is 1. The molecule has 1 aliphatic rings. The van der Waals surface area contributed by atoms with Crippen LogP contribution in [0.25, 0.3) is 0 Å². The Morgan fingerprint density at radius 1 is 1.59 bits per heavy atom. The van der Waals surface area contributed by atoms with E-state index in [0.717, 1.165) is 0 Å². The fourth-order valence-electron chi connectivity index (χ4n) is 2.88. The summed E-state index contributed by atoms with van der Waals surface area (Å²) in [6.45, 7) is 3.88. The highest BCUT2D eigenvalue weighted by Crippen LogP contribution is 2.34. The highest BCUT2D eigenvalue weighted by Gasteiger charge is 2.37. The van der Waals surface area contributed by atoms with Gasteiger partial charge in [-0.3, -0.25) is 19.6 Å². The predicted molar refractivity (Wildman–Crippen MR) is 77.2 cm³/mol. The van der Waals surface area contributed by atoms with E-state index in [1.165, 1.54) is 10.9 Å². The Bertz CT molecular complexity index is 561. The van der Waals surface area contributed by atoms with Gasteiger partial charge in [-0.15, -0.1) is 0 Å². The Labute approximate surface area is 128 Å². The Balaban J connectivity index is 1.98. The van der Waals surface area contributed by atoms with E-state index < -0.39 is 10.5 Å². The number of carbonyl (C=O) groups is 1. The molecule has 122 valence electrons. The van der Waals surface area contributed by atoms with E-state index in [9.17, 15) is 20.0 Å². The largest absolute Gasteiger partial charge is 0.466 e. The lowest BCUT2D eigenvalue weighted by atomic mass is 9.79. The fourth-order valence-corrected chi connectivity index (χ4v) is 2.88. The van der Waals surface area contributed by atoms with Gasteiger partial charge in [-0.25, -0.2) is 0 Å². The smallest absolute Gasteiger partial charge is 0.309 e. The number of ether oxygens (including phenoxy) is 1. The molecule has 1 saturated carbocycles. The molecule has 0 spiro atoms. The molecule has 1 aromatic heterocycles. The third kappa shape index (κ3) is 3.62. The average Bonchev–Trinajstić information content (AvgIpc) is 2.80. The summed E-state index contributed by atoms with van der Waals surface area (Å²) in [5.41, 5.74) is -0.715. The second kappa shape index (κ2) is 6.43. The number of nitro groups is 1. The van der Waals surface area contributed by atoms with Crippen LogP contribution < -0.4 is 0 Å². The second-order valence-corrected chi connectivity index (χ2v) is 5.81. The molecule has 1 heterocycles. The van der Waals surface area contributed by atoms with Gasteiger partial charge in [-0.2, -0.15) is 5.10 Å². The van der Waals surface area contributed by atoms with Crippen molar-refractivity contribution in [3.63, 3.8) is 0 Å². The van der Waals surface area contributed by atoms with Crippen molar-refractivity contribution in [3.8, 4) is 0 Å². The summed E-state index contributed by atoms with van der Waals surface area (Å²) in [5, 5.41) is 25.5. The summed E-state index contributed by atoms with van der Waals surface area (Å²) >= 11 is 0. The SMILES string of the molecule is CCOC(=O)C1CCC(O)(Cn2cc([N+](=O)[O-])c(C)n2)CC1. The zero-order valence-electron chi connectivity index (χ0n) is 12.8. The van der Waals surface area contributed by atoms with Crippen LogP contribution in [0.4, 0.5) is 5.69 Å². The van der Waals surface area contributed by atoms with Crippen molar-refractivity contribution >= 4 is 11.7 Å². The first-order valence-electron chi connectivity index (χ1n) is 7.42. The summed E-state index contributed by atoms with van der Waals surface area (Å²) in [7, 11) is 0. The zero-order chi connectivity index (χ0) is 16.3. The number of aliphatic hydroxyl groups is 1. The molecular formula is C14H21N3O5. The molecule has 1 fully saturated rings. The lowest BCUT2D eigenvalue weighted by Crippen LogP contribution is -2.40. The highest BCUT2D eigenvalue weighted by molar-refractivity contribution is 5.72. The molecule has 0 amide bonds. The Kier molecular flexibility index (Phi) is 4.80. The van der Waals surface area contributed by atoms with Crippen molar-refractivity contribution in [2.75, 3.05) is 6.61 Å². The van der Waals surface area contributed by atoms with Crippen molar-refractivity contribution in [2.45, 2.75) is 51.7 Å². The minimum absolute atomic E-state index is 0.0520. The highest BCUT2D eigenvalue weighted by atomic mass is 16.6. The third-order valence-electron chi connectivity index (χ3n) is 4.11. The van der Waals surface area contributed by atoms with E-state index in [-0.39, 0.29) is 24.1 Å². The van der Waals surface area contributed by atoms with Crippen molar-refractivity contribution in [1.82, 2.24) is 9.78 Å². The molecule has 1 aromatic rings. The molecule has 0 radical (unpaired) electrons. The maximum Gasteiger partial charge on any atom is 0.309 e.